The summed E-state index contributed by atoms with van der Waals surface area (Å²) in [4.78, 5) is 14.2. The first-order valence-corrected chi connectivity index (χ1v) is 6.39. The third kappa shape index (κ3) is 2.53. The Kier molecular flexibility index (Phi) is 3.97. The molecule has 2 N–H and O–H groups in total. The Hall–Kier alpha value is -1.42. The number of hydrogen-bond acceptors (Lipinski definition) is 2. The summed E-state index contributed by atoms with van der Waals surface area (Å²) < 4.78 is 13.2. The van der Waals surface area contributed by atoms with Gasteiger partial charge in [-0.1, -0.05) is 12.1 Å². The van der Waals surface area contributed by atoms with Crippen molar-refractivity contribution in [2.75, 3.05) is 13.1 Å². The number of carbonyl (C=O) groups is 1. The van der Waals surface area contributed by atoms with Crippen molar-refractivity contribution in [2.45, 2.75) is 31.7 Å². The van der Waals surface area contributed by atoms with E-state index in [-0.39, 0.29) is 23.7 Å². The van der Waals surface area contributed by atoms with E-state index in [2.05, 4.69) is 0 Å². The predicted octanol–water partition coefficient (Wildman–Crippen LogP) is 1.88. The monoisotopic (exact) mass is 250 g/mol. The van der Waals surface area contributed by atoms with Gasteiger partial charge in [0.2, 0.25) is 5.91 Å². The molecule has 1 heterocycles. The van der Waals surface area contributed by atoms with Crippen LogP contribution in [0.3, 0.4) is 0 Å². The van der Waals surface area contributed by atoms with Crippen LogP contribution < -0.4 is 5.73 Å². The molecule has 0 spiro atoms. The Bertz CT molecular complexity index is 436. The minimum atomic E-state index is -0.312. The highest BCUT2D eigenvalue weighted by Gasteiger charge is 2.30. The van der Waals surface area contributed by atoms with Gasteiger partial charge in [-0.25, -0.2) is 4.39 Å². The zero-order valence-electron chi connectivity index (χ0n) is 10.6. The van der Waals surface area contributed by atoms with E-state index < -0.39 is 0 Å². The molecule has 2 unspecified atom stereocenters. The fraction of sp³-hybridized carbons (Fsp3) is 0.500. The van der Waals surface area contributed by atoms with Crippen LogP contribution in [0.1, 0.15) is 31.2 Å². The number of hydrogen-bond donors (Lipinski definition) is 1. The van der Waals surface area contributed by atoms with E-state index >= 15 is 0 Å². The lowest BCUT2D eigenvalue weighted by Crippen LogP contribution is -2.41. The molecule has 0 bridgehead atoms. The SMILES string of the molecule is CC(C(=O)N1CCCC1CN)c1cccc(F)c1. The van der Waals surface area contributed by atoms with Crippen LogP contribution >= 0.6 is 0 Å². The lowest BCUT2D eigenvalue weighted by Gasteiger charge is -2.26. The van der Waals surface area contributed by atoms with Crippen LogP contribution in [-0.4, -0.2) is 29.9 Å². The van der Waals surface area contributed by atoms with Crippen molar-refractivity contribution >= 4 is 5.91 Å². The number of amides is 1. The van der Waals surface area contributed by atoms with Crippen molar-refractivity contribution in [3.05, 3.63) is 35.6 Å². The third-order valence-electron chi connectivity index (χ3n) is 3.65. The zero-order chi connectivity index (χ0) is 13.1. The van der Waals surface area contributed by atoms with Crippen molar-refractivity contribution in [2.24, 2.45) is 5.73 Å². The summed E-state index contributed by atoms with van der Waals surface area (Å²) in [6.45, 7) is 3.09. The molecular formula is C14H19FN2O. The minimum absolute atomic E-state index is 0.0496. The van der Waals surface area contributed by atoms with Crippen molar-refractivity contribution < 1.29 is 9.18 Å². The molecule has 1 aliphatic rings. The predicted molar refractivity (Wildman–Crippen MR) is 68.6 cm³/mol. The van der Waals surface area contributed by atoms with E-state index in [9.17, 15) is 9.18 Å². The molecule has 98 valence electrons. The van der Waals surface area contributed by atoms with Gasteiger partial charge in [0.15, 0.2) is 0 Å². The van der Waals surface area contributed by atoms with Crippen LogP contribution in [-0.2, 0) is 4.79 Å². The molecule has 1 amide bonds. The van der Waals surface area contributed by atoms with E-state index in [4.69, 9.17) is 5.73 Å². The van der Waals surface area contributed by atoms with Crippen molar-refractivity contribution in [1.82, 2.24) is 4.90 Å². The maximum absolute atomic E-state index is 13.2. The number of nitrogens with two attached hydrogens (primary N) is 1. The minimum Gasteiger partial charge on any atom is -0.338 e. The molecule has 3 nitrogen and oxygen atoms in total. The van der Waals surface area contributed by atoms with Gasteiger partial charge in [0.05, 0.1) is 5.92 Å². The maximum atomic E-state index is 13.2. The topological polar surface area (TPSA) is 46.3 Å². The smallest absolute Gasteiger partial charge is 0.230 e. The van der Waals surface area contributed by atoms with Gasteiger partial charge in [0.1, 0.15) is 5.82 Å². The van der Waals surface area contributed by atoms with Crippen LogP contribution in [0, 0.1) is 5.82 Å². The van der Waals surface area contributed by atoms with Gasteiger partial charge >= 0.3 is 0 Å². The van der Waals surface area contributed by atoms with E-state index in [0.717, 1.165) is 24.9 Å². The van der Waals surface area contributed by atoms with Gasteiger partial charge in [0, 0.05) is 19.1 Å². The van der Waals surface area contributed by atoms with Crippen molar-refractivity contribution in [3.8, 4) is 0 Å². The molecule has 1 aromatic carbocycles. The second-order valence-electron chi connectivity index (χ2n) is 4.84. The molecule has 18 heavy (non-hydrogen) atoms. The Balaban J connectivity index is 2.13. The summed E-state index contributed by atoms with van der Waals surface area (Å²) in [5.41, 5.74) is 6.40. The Morgan fingerprint density at radius 1 is 1.61 bits per heavy atom. The fourth-order valence-electron chi connectivity index (χ4n) is 2.54. The molecule has 0 aromatic heterocycles. The third-order valence-corrected chi connectivity index (χ3v) is 3.65. The highest BCUT2D eigenvalue weighted by atomic mass is 19.1. The number of rotatable bonds is 3. The normalized spacial score (nSPS) is 21.1. The number of halogens is 1. The summed E-state index contributed by atoms with van der Waals surface area (Å²) in [5.74, 6) is -0.564. The molecule has 0 radical (unpaired) electrons. The average Bonchev–Trinajstić information content (AvgIpc) is 2.85. The van der Waals surface area contributed by atoms with Gasteiger partial charge in [-0.15, -0.1) is 0 Å². The first kappa shape index (κ1) is 13.0. The van der Waals surface area contributed by atoms with E-state index in [1.807, 2.05) is 11.8 Å². The summed E-state index contributed by atoms with van der Waals surface area (Å²) in [6.07, 6.45) is 1.97. The van der Waals surface area contributed by atoms with Gasteiger partial charge in [-0.05, 0) is 37.5 Å². The molecule has 2 rings (SSSR count). The van der Waals surface area contributed by atoms with Crippen LogP contribution in [0.5, 0.6) is 0 Å². The fourth-order valence-corrected chi connectivity index (χ4v) is 2.54. The van der Waals surface area contributed by atoms with Gasteiger partial charge in [-0.2, -0.15) is 0 Å². The highest BCUT2D eigenvalue weighted by molar-refractivity contribution is 5.83. The molecule has 1 saturated heterocycles. The van der Waals surface area contributed by atoms with Crippen LogP contribution in [0.15, 0.2) is 24.3 Å². The molecule has 1 aliphatic heterocycles. The maximum Gasteiger partial charge on any atom is 0.230 e. The lowest BCUT2D eigenvalue weighted by molar-refractivity contribution is -0.133. The first-order chi connectivity index (χ1) is 8.63. The first-order valence-electron chi connectivity index (χ1n) is 6.39. The number of likely N-dealkylation sites (tertiary alicyclic amines) is 1. The average molecular weight is 250 g/mol. The summed E-state index contributed by atoms with van der Waals surface area (Å²) in [6, 6.07) is 6.39. The van der Waals surface area contributed by atoms with E-state index in [1.54, 1.807) is 12.1 Å². The Morgan fingerprint density at radius 3 is 3.06 bits per heavy atom. The molecule has 4 heteroatoms. The van der Waals surface area contributed by atoms with Crippen LogP contribution in [0.25, 0.3) is 0 Å². The molecule has 0 saturated carbocycles. The second kappa shape index (κ2) is 5.48. The molecule has 2 atom stereocenters. The van der Waals surface area contributed by atoms with Crippen molar-refractivity contribution in [3.63, 3.8) is 0 Å². The molecular weight excluding hydrogens is 231 g/mol. The molecule has 1 fully saturated rings. The quantitative estimate of drug-likeness (QED) is 0.890. The Labute approximate surface area is 107 Å². The summed E-state index contributed by atoms with van der Waals surface area (Å²) in [7, 11) is 0. The number of nitrogens with zero attached hydrogens (tertiary/aromatic N) is 1. The van der Waals surface area contributed by atoms with Gasteiger partial charge in [0.25, 0.3) is 0 Å². The van der Waals surface area contributed by atoms with Gasteiger partial charge < -0.3 is 10.6 Å². The summed E-state index contributed by atoms with van der Waals surface area (Å²) in [5, 5.41) is 0. The van der Waals surface area contributed by atoms with E-state index in [0.29, 0.717) is 6.54 Å². The van der Waals surface area contributed by atoms with Crippen LogP contribution in [0.4, 0.5) is 4.39 Å². The molecule has 0 aliphatic carbocycles. The summed E-state index contributed by atoms with van der Waals surface area (Å²) >= 11 is 0. The molecule has 1 aromatic rings. The van der Waals surface area contributed by atoms with Crippen molar-refractivity contribution in [1.29, 1.82) is 0 Å². The number of carbonyl (C=O) groups excluding carboxylic acids is 1. The van der Waals surface area contributed by atoms with Gasteiger partial charge in [-0.3, -0.25) is 4.79 Å². The standard InChI is InChI=1S/C14H19FN2O/c1-10(11-4-2-5-12(15)8-11)14(18)17-7-3-6-13(17)9-16/h2,4-5,8,10,13H,3,6-7,9,16H2,1H3. The van der Waals surface area contributed by atoms with Crippen LogP contribution in [0.2, 0.25) is 0 Å². The zero-order valence-corrected chi connectivity index (χ0v) is 10.6. The number of benzene rings is 1. The van der Waals surface area contributed by atoms with E-state index in [1.165, 1.54) is 12.1 Å². The lowest BCUT2D eigenvalue weighted by atomic mass is 9.99. The largest absolute Gasteiger partial charge is 0.338 e. The highest BCUT2D eigenvalue weighted by Crippen LogP contribution is 2.24. The second-order valence-corrected chi connectivity index (χ2v) is 4.84. The Morgan fingerprint density at radius 2 is 2.39 bits per heavy atom.